The summed E-state index contributed by atoms with van der Waals surface area (Å²) in [5.41, 5.74) is 2.83. The summed E-state index contributed by atoms with van der Waals surface area (Å²) in [7, 11) is 0. The molecule has 0 saturated carbocycles. The zero-order valence-corrected chi connectivity index (χ0v) is 18.7. The summed E-state index contributed by atoms with van der Waals surface area (Å²) >= 11 is 0. The molecule has 4 rings (SSSR count). The van der Waals surface area contributed by atoms with Crippen LogP contribution < -0.4 is 4.74 Å². The molecule has 0 radical (unpaired) electrons. The van der Waals surface area contributed by atoms with Gasteiger partial charge in [0.2, 0.25) is 5.91 Å². The van der Waals surface area contributed by atoms with Crippen molar-refractivity contribution < 1.29 is 14.3 Å². The van der Waals surface area contributed by atoms with Crippen LogP contribution in [-0.4, -0.2) is 52.8 Å². The number of ether oxygens (including phenoxy) is 1. The fourth-order valence-electron chi connectivity index (χ4n) is 3.96. The summed E-state index contributed by atoms with van der Waals surface area (Å²) in [6, 6.07) is 21.3. The molecule has 1 fully saturated rings. The highest BCUT2D eigenvalue weighted by molar-refractivity contribution is 5.94. The molecule has 0 bridgehead atoms. The highest BCUT2D eigenvalue weighted by Gasteiger charge is 2.24. The number of rotatable bonds is 8. The molecule has 2 aromatic carbocycles. The van der Waals surface area contributed by atoms with Gasteiger partial charge in [0.25, 0.3) is 5.91 Å². The van der Waals surface area contributed by atoms with Crippen LogP contribution in [0, 0.1) is 0 Å². The topological polar surface area (TPSA) is 62.7 Å². The van der Waals surface area contributed by atoms with E-state index in [1.54, 1.807) is 24.5 Å². The number of carbonyl (C=O) groups is 2. The molecule has 3 aromatic rings. The Morgan fingerprint density at radius 2 is 1.61 bits per heavy atom. The van der Waals surface area contributed by atoms with Gasteiger partial charge in [-0.3, -0.25) is 14.6 Å². The van der Waals surface area contributed by atoms with Gasteiger partial charge in [0.05, 0.1) is 0 Å². The maximum atomic E-state index is 13.0. The zero-order valence-electron chi connectivity index (χ0n) is 18.7. The van der Waals surface area contributed by atoms with Crippen molar-refractivity contribution in [3.8, 4) is 5.75 Å². The fraction of sp³-hybridized carbons (Fsp3) is 0.296. The molecular weight excluding hydrogens is 414 g/mol. The van der Waals surface area contributed by atoms with Gasteiger partial charge in [-0.1, -0.05) is 42.5 Å². The molecule has 1 aliphatic heterocycles. The van der Waals surface area contributed by atoms with Gasteiger partial charge in [-0.25, -0.2) is 0 Å². The van der Waals surface area contributed by atoms with Crippen molar-refractivity contribution in [2.75, 3.05) is 26.2 Å². The van der Waals surface area contributed by atoms with E-state index in [0.717, 1.165) is 18.4 Å². The maximum Gasteiger partial charge on any atom is 0.254 e. The Kier molecular flexibility index (Phi) is 7.69. The third-order valence-electron chi connectivity index (χ3n) is 5.83. The molecule has 1 aromatic heterocycles. The van der Waals surface area contributed by atoms with E-state index in [-0.39, 0.29) is 11.8 Å². The summed E-state index contributed by atoms with van der Waals surface area (Å²) in [6.45, 7) is 2.64. The first kappa shape index (κ1) is 22.5. The van der Waals surface area contributed by atoms with Gasteiger partial charge in [0.15, 0.2) is 0 Å². The average Bonchev–Trinajstić information content (AvgIpc) is 2.88. The molecule has 170 valence electrons. The highest BCUT2D eigenvalue weighted by Crippen LogP contribution is 2.18. The Morgan fingerprint density at radius 3 is 2.36 bits per heavy atom. The SMILES string of the molecule is O=C(CCCc1ccccc1)N1CCN(C(=O)c2cccc(OCc3cccnc3)c2)CC1. The monoisotopic (exact) mass is 443 g/mol. The minimum atomic E-state index is -0.0296. The Labute approximate surface area is 194 Å². The van der Waals surface area contributed by atoms with E-state index in [1.807, 2.05) is 52.3 Å². The van der Waals surface area contributed by atoms with Gasteiger partial charge in [-0.15, -0.1) is 0 Å². The van der Waals surface area contributed by atoms with E-state index < -0.39 is 0 Å². The van der Waals surface area contributed by atoms with Crippen molar-refractivity contribution >= 4 is 11.8 Å². The normalized spacial score (nSPS) is 13.6. The van der Waals surface area contributed by atoms with Gasteiger partial charge >= 0.3 is 0 Å². The second-order valence-corrected chi connectivity index (χ2v) is 8.19. The molecule has 0 spiro atoms. The number of amides is 2. The lowest BCUT2D eigenvalue weighted by atomic mass is 10.1. The molecule has 6 heteroatoms. The molecule has 0 unspecified atom stereocenters. The highest BCUT2D eigenvalue weighted by atomic mass is 16.5. The van der Waals surface area contributed by atoms with Gasteiger partial charge in [0.1, 0.15) is 12.4 Å². The summed E-state index contributed by atoms with van der Waals surface area (Å²) in [5.74, 6) is 0.791. The first-order chi connectivity index (χ1) is 16.2. The molecular formula is C27H29N3O3. The van der Waals surface area contributed by atoms with Gasteiger partial charge in [0, 0.05) is 56.1 Å². The van der Waals surface area contributed by atoms with Crippen molar-refractivity contribution in [2.24, 2.45) is 0 Å². The maximum absolute atomic E-state index is 13.0. The number of benzene rings is 2. The lowest BCUT2D eigenvalue weighted by Crippen LogP contribution is -2.50. The van der Waals surface area contributed by atoms with Crippen LogP contribution in [0.3, 0.4) is 0 Å². The number of piperazine rings is 1. The van der Waals surface area contributed by atoms with Crippen molar-refractivity contribution in [1.82, 2.24) is 14.8 Å². The summed E-state index contributed by atoms with van der Waals surface area (Å²) in [6.07, 6.45) is 5.77. The number of aromatic nitrogens is 1. The molecule has 6 nitrogen and oxygen atoms in total. The van der Waals surface area contributed by atoms with Crippen LogP contribution in [0.2, 0.25) is 0 Å². The third kappa shape index (κ3) is 6.42. The van der Waals surface area contributed by atoms with Crippen molar-refractivity contribution in [3.05, 3.63) is 95.8 Å². The average molecular weight is 444 g/mol. The minimum absolute atomic E-state index is 0.0296. The molecule has 33 heavy (non-hydrogen) atoms. The van der Waals surface area contributed by atoms with E-state index in [4.69, 9.17) is 4.74 Å². The number of pyridine rings is 1. The quantitative estimate of drug-likeness (QED) is 0.529. The predicted molar refractivity (Wildman–Crippen MR) is 127 cm³/mol. The number of aryl methyl sites for hydroxylation is 1. The zero-order chi connectivity index (χ0) is 22.9. The van der Waals surface area contributed by atoms with Crippen LogP contribution in [-0.2, 0) is 17.8 Å². The molecule has 1 aliphatic rings. The van der Waals surface area contributed by atoms with E-state index in [0.29, 0.717) is 50.5 Å². The molecule has 0 aliphatic carbocycles. The first-order valence-electron chi connectivity index (χ1n) is 11.4. The van der Waals surface area contributed by atoms with E-state index in [1.165, 1.54) is 5.56 Å². The molecule has 2 amide bonds. The van der Waals surface area contributed by atoms with Crippen molar-refractivity contribution in [2.45, 2.75) is 25.9 Å². The van der Waals surface area contributed by atoms with Crippen LogP contribution in [0.25, 0.3) is 0 Å². The van der Waals surface area contributed by atoms with Crippen LogP contribution in [0.4, 0.5) is 0 Å². The first-order valence-corrected chi connectivity index (χ1v) is 11.4. The second kappa shape index (κ2) is 11.3. The van der Waals surface area contributed by atoms with Crippen LogP contribution in [0.15, 0.2) is 79.1 Å². The van der Waals surface area contributed by atoms with Gasteiger partial charge < -0.3 is 14.5 Å². The second-order valence-electron chi connectivity index (χ2n) is 8.19. The molecule has 2 heterocycles. The van der Waals surface area contributed by atoms with Crippen molar-refractivity contribution in [1.29, 1.82) is 0 Å². The number of hydrogen-bond donors (Lipinski definition) is 0. The van der Waals surface area contributed by atoms with E-state index in [2.05, 4.69) is 17.1 Å². The standard InChI is InChI=1S/C27H29N3O3/c31-26(13-4-9-22-7-2-1-3-8-22)29-15-17-30(18-16-29)27(32)24-11-5-12-25(19-24)33-21-23-10-6-14-28-20-23/h1-3,5-8,10-12,14,19-20H,4,9,13,15-18,21H2. The lowest BCUT2D eigenvalue weighted by Gasteiger charge is -2.35. The van der Waals surface area contributed by atoms with Gasteiger partial charge in [-0.2, -0.15) is 0 Å². The van der Waals surface area contributed by atoms with Crippen LogP contribution in [0.1, 0.15) is 34.3 Å². The largest absolute Gasteiger partial charge is 0.489 e. The third-order valence-corrected chi connectivity index (χ3v) is 5.83. The van der Waals surface area contributed by atoms with E-state index in [9.17, 15) is 9.59 Å². The Bertz CT molecular complexity index is 1050. The number of hydrogen-bond acceptors (Lipinski definition) is 4. The summed E-state index contributed by atoms with van der Waals surface area (Å²) in [5, 5.41) is 0. The summed E-state index contributed by atoms with van der Waals surface area (Å²) < 4.78 is 5.82. The lowest BCUT2D eigenvalue weighted by molar-refractivity contribution is -0.132. The number of nitrogens with zero attached hydrogens (tertiary/aromatic N) is 3. The van der Waals surface area contributed by atoms with Crippen LogP contribution in [0.5, 0.6) is 5.75 Å². The predicted octanol–water partition coefficient (Wildman–Crippen LogP) is 3.97. The molecule has 1 saturated heterocycles. The van der Waals surface area contributed by atoms with Crippen LogP contribution >= 0.6 is 0 Å². The smallest absolute Gasteiger partial charge is 0.254 e. The van der Waals surface area contributed by atoms with E-state index >= 15 is 0 Å². The fourth-order valence-corrected chi connectivity index (χ4v) is 3.96. The number of carbonyl (C=O) groups excluding carboxylic acids is 2. The Hall–Kier alpha value is -3.67. The Balaban J connectivity index is 1.23. The van der Waals surface area contributed by atoms with Gasteiger partial charge in [-0.05, 0) is 42.7 Å². The minimum Gasteiger partial charge on any atom is -0.489 e. The molecule has 0 N–H and O–H groups in total. The molecule has 0 atom stereocenters. The van der Waals surface area contributed by atoms with Crippen molar-refractivity contribution in [3.63, 3.8) is 0 Å². The summed E-state index contributed by atoms with van der Waals surface area (Å²) in [4.78, 5) is 33.3. The Morgan fingerprint density at radius 1 is 0.848 bits per heavy atom.